The van der Waals surface area contributed by atoms with Gasteiger partial charge in [0.1, 0.15) is 5.82 Å². The van der Waals surface area contributed by atoms with Crippen LogP contribution in [0.4, 0.5) is 4.39 Å². The van der Waals surface area contributed by atoms with Gasteiger partial charge in [0.25, 0.3) is 0 Å². The van der Waals surface area contributed by atoms with Gasteiger partial charge in [0.05, 0.1) is 0 Å². The van der Waals surface area contributed by atoms with Crippen molar-refractivity contribution in [2.24, 2.45) is 0 Å². The standard InChI is InChI=1S/C27H27FN2O/c1-3-20-10-7-11-21-24(17-30-27(20)21)22(23-14-18(2)12-13-25(23)28)15-26(31)29-16-19-8-5-4-6-9-19/h4-14,17,22,30H,3,15-16H2,1-2H3,(H,29,31)/t22-/m0/s1. The van der Waals surface area contributed by atoms with E-state index in [0.717, 1.165) is 34.0 Å². The molecule has 4 heteroatoms. The maximum atomic E-state index is 14.9. The van der Waals surface area contributed by atoms with Crippen molar-refractivity contribution in [1.82, 2.24) is 10.3 Å². The Hall–Kier alpha value is -3.40. The van der Waals surface area contributed by atoms with Crippen LogP contribution in [-0.2, 0) is 17.8 Å². The van der Waals surface area contributed by atoms with Crippen LogP contribution in [-0.4, -0.2) is 10.9 Å². The Morgan fingerprint density at radius 3 is 2.61 bits per heavy atom. The molecule has 4 rings (SSSR count). The lowest BCUT2D eigenvalue weighted by atomic mass is 9.86. The van der Waals surface area contributed by atoms with Gasteiger partial charge >= 0.3 is 0 Å². The van der Waals surface area contributed by atoms with Crippen LogP contribution in [0.2, 0.25) is 0 Å². The number of aromatic nitrogens is 1. The van der Waals surface area contributed by atoms with E-state index in [1.54, 1.807) is 6.07 Å². The number of aromatic amines is 1. The predicted molar refractivity (Wildman–Crippen MR) is 124 cm³/mol. The van der Waals surface area contributed by atoms with Crippen molar-refractivity contribution in [1.29, 1.82) is 0 Å². The zero-order valence-corrected chi connectivity index (χ0v) is 17.9. The Bertz CT molecular complexity index is 1200. The predicted octanol–water partition coefficient (Wildman–Crippen LogP) is 6.02. The van der Waals surface area contributed by atoms with Crippen LogP contribution in [0.5, 0.6) is 0 Å². The molecule has 158 valence electrons. The molecule has 1 amide bonds. The fraction of sp³-hybridized carbons (Fsp3) is 0.222. The summed E-state index contributed by atoms with van der Waals surface area (Å²) in [5.41, 5.74) is 5.78. The van der Waals surface area contributed by atoms with Crippen LogP contribution in [0.3, 0.4) is 0 Å². The molecule has 31 heavy (non-hydrogen) atoms. The normalized spacial score (nSPS) is 12.1. The van der Waals surface area contributed by atoms with E-state index in [0.29, 0.717) is 12.1 Å². The molecule has 2 N–H and O–H groups in total. The van der Waals surface area contributed by atoms with E-state index in [2.05, 4.69) is 23.3 Å². The minimum Gasteiger partial charge on any atom is -0.361 e. The number of para-hydroxylation sites is 1. The van der Waals surface area contributed by atoms with Gasteiger partial charge in [0, 0.05) is 36.0 Å². The van der Waals surface area contributed by atoms with Crippen molar-refractivity contribution in [3.63, 3.8) is 0 Å². The highest BCUT2D eigenvalue weighted by atomic mass is 19.1. The third kappa shape index (κ3) is 4.53. The van der Waals surface area contributed by atoms with Crippen molar-refractivity contribution in [2.45, 2.75) is 39.2 Å². The van der Waals surface area contributed by atoms with E-state index < -0.39 is 0 Å². The van der Waals surface area contributed by atoms with Gasteiger partial charge in [-0.2, -0.15) is 0 Å². The first-order valence-corrected chi connectivity index (χ1v) is 10.7. The molecule has 0 radical (unpaired) electrons. The number of fused-ring (bicyclic) bond motifs is 1. The van der Waals surface area contributed by atoms with Crippen molar-refractivity contribution >= 4 is 16.8 Å². The molecule has 0 aliphatic carbocycles. The summed E-state index contributed by atoms with van der Waals surface area (Å²) >= 11 is 0. The molecule has 0 aliphatic rings. The summed E-state index contributed by atoms with van der Waals surface area (Å²) in [6, 6.07) is 21.1. The zero-order chi connectivity index (χ0) is 21.8. The van der Waals surface area contributed by atoms with Crippen LogP contribution in [0.25, 0.3) is 10.9 Å². The number of aryl methyl sites for hydroxylation is 2. The maximum absolute atomic E-state index is 14.9. The highest BCUT2D eigenvalue weighted by Crippen LogP contribution is 2.36. The number of carbonyl (C=O) groups excluding carboxylic acids is 1. The average molecular weight is 415 g/mol. The van der Waals surface area contributed by atoms with Crippen molar-refractivity contribution in [2.75, 3.05) is 0 Å². The van der Waals surface area contributed by atoms with Crippen LogP contribution < -0.4 is 5.32 Å². The Balaban J connectivity index is 1.69. The Kier molecular flexibility index (Phi) is 6.17. The van der Waals surface area contributed by atoms with Crippen LogP contribution in [0.15, 0.2) is 72.9 Å². The SMILES string of the molecule is CCc1cccc2c([C@@H](CC(=O)NCc3ccccc3)c3cc(C)ccc3F)c[nH]c12. The molecule has 0 saturated carbocycles. The lowest BCUT2D eigenvalue weighted by molar-refractivity contribution is -0.121. The van der Waals surface area contributed by atoms with Crippen LogP contribution >= 0.6 is 0 Å². The van der Waals surface area contributed by atoms with Gasteiger partial charge in [0.15, 0.2) is 0 Å². The van der Waals surface area contributed by atoms with Gasteiger partial charge in [-0.15, -0.1) is 0 Å². The van der Waals surface area contributed by atoms with Gasteiger partial charge in [-0.25, -0.2) is 4.39 Å². The third-order valence-corrected chi connectivity index (χ3v) is 5.84. The number of halogens is 1. The summed E-state index contributed by atoms with van der Waals surface area (Å²) in [5, 5.41) is 4.04. The molecule has 0 bridgehead atoms. The van der Waals surface area contributed by atoms with Gasteiger partial charge in [-0.05, 0) is 41.7 Å². The number of nitrogens with one attached hydrogen (secondary N) is 2. The van der Waals surface area contributed by atoms with Crippen LogP contribution in [0, 0.1) is 12.7 Å². The lowest BCUT2D eigenvalue weighted by Gasteiger charge is -2.19. The summed E-state index contributed by atoms with van der Waals surface area (Å²) in [5.74, 6) is -0.764. The summed E-state index contributed by atoms with van der Waals surface area (Å²) in [6.45, 7) is 4.51. The highest BCUT2D eigenvalue weighted by Gasteiger charge is 2.24. The molecule has 3 nitrogen and oxygen atoms in total. The monoisotopic (exact) mass is 414 g/mol. The minimum atomic E-state index is -0.378. The number of hydrogen-bond donors (Lipinski definition) is 2. The lowest BCUT2D eigenvalue weighted by Crippen LogP contribution is -2.25. The first kappa shape index (κ1) is 20.9. The smallest absolute Gasteiger partial charge is 0.221 e. The Morgan fingerprint density at radius 2 is 1.84 bits per heavy atom. The van der Waals surface area contributed by atoms with Crippen molar-refractivity contribution in [3.8, 4) is 0 Å². The van der Waals surface area contributed by atoms with Gasteiger partial charge in [0.2, 0.25) is 5.91 Å². The fourth-order valence-electron chi connectivity index (χ4n) is 4.19. The number of rotatable bonds is 7. The molecule has 1 heterocycles. The second kappa shape index (κ2) is 9.17. The number of benzene rings is 3. The van der Waals surface area contributed by atoms with Gasteiger partial charge in [-0.3, -0.25) is 4.79 Å². The van der Waals surface area contributed by atoms with Gasteiger partial charge < -0.3 is 10.3 Å². The number of amides is 1. The van der Waals surface area contributed by atoms with Crippen molar-refractivity contribution in [3.05, 3.63) is 107 Å². The topological polar surface area (TPSA) is 44.9 Å². The fourth-order valence-corrected chi connectivity index (χ4v) is 4.19. The first-order chi connectivity index (χ1) is 15.1. The van der Waals surface area contributed by atoms with E-state index in [4.69, 9.17) is 0 Å². The molecule has 0 spiro atoms. The van der Waals surface area contributed by atoms with E-state index in [-0.39, 0.29) is 24.1 Å². The second-order valence-corrected chi connectivity index (χ2v) is 7.98. The molecule has 0 unspecified atom stereocenters. The van der Waals surface area contributed by atoms with Crippen LogP contribution in [0.1, 0.15) is 47.1 Å². The molecule has 0 fully saturated rings. The zero-order valence-electron chi connectivity index (χ0n) is 17.9. The number of H-pyrrole nitrogens is 1. The van der Waals surface area contributed by atoms with E-state index >= 15 is 0 Å². The largest absolute Gasteiger partial charge is 0.361 e. The molecule has 1 aromatic heterocycles. The minimum absolute atomic E-state index is 0.101. The molecule has 0 aliphatic heterocycles. The molecular weight excluding hydrogens is 387 g/mol. The summed E-state index contributed by atoms with van der Waals surface area (Å²) in [4.78, 5) is 16.3. The summed E-state index contributed by atoms with van der Waals surface area (Å²) in [7, 11) is 0. The molecule has 4 aromatic rings. The number of hydrogen-bond acceptors (Lipinski definition) is 1. The molecular formula is C27H27FN2O. The number of carbonyl (C=O) groups is 1. The van der Waals surface area contributed by atoms with Crippen molar-refractivity contribution < 1.29 is 9.18 Å². The quantitative estimate of drug-likeness (QED) is 0.382. The summed E-state index contributed by atoms with van der Waals surface area (Å²) in [6.07, 6.45) is 3.01. The second-order valence-electron chi connectivity index (χ2n) is 7.98. The Labute approximate surface area is 182 Å². The Morgan fingerprint density at radius 1 is 1.03 bits per heavy atom. The van der Waals surface area contributed by atoms with E-state index in [1.165, 1.54) is 11.6 Å². The van der Waals surface area contributed by atoms with E-state index in [1.807, 2.05) is 61.7 Å². The maximum Gasteiger partial charge on any atom is 0.221 e. The third-order valence-electron chi connectivity index (χ3n) is 5.84. The molecule has 1 atom stereocenters. The van der Waals surface area contributed by atoms with E-state index in [9.17, 15) is 9.18 Å². The highest BCUT2D eigenvalue weighted by molar-refractivity contribution is 5.88. The van der Waals surface area contributed by atoms with Gasteiger partial charge in [-0.1, -0.05) is 73.2 Å². The average Bonchev–Trinajstić information content (AvgIpc) is 3.22. The molecule has 3 aromatic carbocycles. The summed E-state index contributed by atoms with van der Waals surface area (Å²) < 4.78 is 14.9. The first-order valence-electron chi connectivity index (χ1n) is 10.7. The molecule has 0 saturated heterocycles.